The average molecular weight is 308 g/mol. The highest BCUT2D eigenvalue weighted by atomic mass is 35.5. The van der Waals surface area contributed by atoms with Crippen LogP contribution in [0, 0.1) is 0 Å². The first kappa shape index (κ1) is 13.3. The second-order valence-corrected chi connectivity index (χ2v) is 5.31. The molecule has 3 rings (SSSR count). The molecule has 1 atom stereocenters. The van der Waals surface area contributed by atoms with Crippen LogP contribution in [0.1, 0.15) is 18.5 Å². The number of benzene rings is 2. The van der Waals surface area contributed by atoms with E-state index in [1.54, 1.807) is 18.2 Å². The van der Waals surface area contributed by atoms with Crippen molar-refractivity contribution in [1.82, 2.24) is 0 Å². The molecule has 1 aliphatic rings. The summed E-state index contributed by atoms with van der Waals surface area (Å²) in [6, 6.07) is 12.5. The molecule has 0 saturated carbocycles. The lowest BCUT2D eigenvalue weighted by atomic mass is 10.1. The fourth-order valence-corrected chi connectivity index (χ4v) is 2.80. The number of hydrogen-bond acceptors (Lipinski definition) is 2. The fraction of sp³-hybridized carbons (Fsp3) is 0.133. The molecule has 5 heteroatoms. The van der Waals surface area contributed by atoms with E-state index in [1.807, 2.05) is 31.2 Å². The number of fused-ring (bicyclic) bond motifs is 2. The standard InChI is InChI=1S/C15H11Cl2NO2/c1-9-11-4-2-3-5-13(11)20-14-7-6-10(16)8-12(14)18(9)15(17)19/h2-9H,1H3. The largest absolute Gasteiger partial charge is 0.455 e. The number of carbonyl (C=O) groups excluding carboxylic acids is 1. The number of nitrogens with zero attached hydrogens (tertiary/aromatic N) is 1. The van der Waals surface area contributed by atoms with Gasteiger partial charge in [0.2, 0.25) is 0 Å². The highest BCUT2D eigenvalue weighted by molar-refractivity contribution is 6.66. The van der Waals surface area contributed by atoms with Gasteiger partial charge in [0.25, 0.3) is 0 Å². The van der Waals surface area contributed by atoms with Crippen LogP contribution < -0.4 is 9.64 Å². The quantitative estimate of drug-likeness (QED) is 0.483. The lowest BCUT2D eigenvalue weighted by molar-refractivity contribution is 0.262. The summed E-state index contributed by atoms with van der Waals surface area (Å²) in [5.41, 5.74) is 1.47. The minimum Gasteiger partial charge on any atom is -0.455 e. The molecule has 0 fully saturated rings. The predicted octanol–water partition coefficient (Wildman–Crippen LogP) is 5.37. The predicted molar refractivity (Wildman–Crippen MR) is 80.1 cm³/mol. The van der Waals surface area contributed by atoms with E-state index in [4.69, 9.17) is 27.9 Å². The first-order valence-corrected chi connectivity index (χ1v) is 6.88. The third kappa shape index (κ3) is 2.13. The molecule has 0 spiro atoms. The smallest absolute Gasteiger partial charge is 0.321 e. The van der Waals surface area contributed by atoms with E-state index in [0.29, 0.717) is 22.2 Å². The van der Waals surface area contributed by atoms with Crippen molar-refractivity contribution in [1.29, 1.82) is 0 Å². The summed E-state index contributed by atoms with van der Waals surface area (Å²) in [6.07, 6.45) is 0. The van der Waals surface area contributed by atoms with Gasteiger partial charge in [0.15, 0.2) is 5.75 Å². The number of ether oxygens (including phenoxy) is 1. The Bertz CT molecular complexity index is 687. The Balaban J connectivity index is 2.25. The van der Waals surface area contributed by atoms with Crippen molar-refractivity contribution in [2.24, 2.45) is 0 Å². The van der Waals surface area contributed by atoms with Gasteiger partial charge in [-0.1, -0.05) is 29.8 Å². The van der Waals surface area contributed by atoms with Gasteiger partial charge in [-0.25, -0.2) is 0 Å². The summed E-state index contributed by atoms with van der Waals surface area (Å²) in [7, 11) is 0. The Morgan fingerprint density at radius 3 is 2.70 bits per heavy atom. The number of anilines is 1. The molecule has 0 aromatic heterocycles. The van der Waals surface area contributed by atoms with Gasteiger partial charge in [-0.3, -0.25) is 9.69 Å². The molecule has 1 unspecified atom stereocenters. The second-order valence-electron chi connectivity index (χ2n) is 4.55. The van der Waals surface area contributed by atoms with E-state index in [2.05, 4.69) is 0 Å². The molecule has 1 amide bonds. The molecule has 102 valence electrons. The van der Waals surface area contributed by atoms with Gasteiger partial charge >= 0.3 is 5.37 Å². The molecule has 0 bridgehead atoms. The highest BCUT2D eigenvalue weighted by Gasteiger charge is 2.30. The van der Waals surface area contributed by atoms with Crippen LogP contribution in [0.2, 0.25) is 5.02 Å². The Morgan fingerprint density at radius 2 is 1.95 bits per heavy atom. The molecule has 0 N–H and O–H groups in total. The zero-order valence-corrected chi connectivity index (χ0v) is 12.2. The van der Waals surface area contributed by atoms with Crippen molar-refractivity contribution in [3.05, 3.63) is 53.1 Å². The topological polar surface area (TPSA) is 29.5 Å². The Hall–Kier alpha value is -1.71. The first-order valence-electron chi connectivity index (χ1n) is 6.13. The monoisotopic (exact) mass is 307 g/mol. The second kappa shape index (κ2) is 5.00. The molecule has 1 aliphatic heterocycles. The van der Waals surface area contributed by atoms with E-state index < -0.39 is 5.37 Å². The normalized spacial score (nSPS) is 16.8. The Morgan fingerprint density at radius 1 is 1.20 bits per heavy atom. The first-order chi connectivity index (χ1) is 9.58. The van der Waals surface area contributed by atoms with Crippen molar-refractivity contribution in [2.75, 3.05) is 4.90 Å². The van der Waals surface area contributed by atoms with E-state index in [0.717, 1.165) is 5.56 Å². The lowest BCUT2D eigenvalue weighted by Crippen LogP contribution is -2.28. The number of amides is 1. The van der Waals surface area contributed by atoms with Crippen molar-refractivity contribution in [2.45, 2.75) is 13.0 Å². The summed E-state index contributed by atoms with van der Waals surface area (Å²) < 4.78 is 5.90. The fourth-order valence-electron chi connectivity index (χ4n) is 2.40. The molecule has 3 nitrogen and oxygen atoms in total. The van der Waals surface area contributed by atoms with Crippen LogP contribution in [0.4, 0.5) is 10.5 Å². The molecule has 0 aliphatic carbocycles. The Labute approximate surface area is 126 Å². The van der Waals surface area contributed by atoms with Crippen molar-refractivity contribution in [3.63, 3.8) is 0 Å². The number of carbonyl (C=O) groups is 1. The summed E-state index contributed by atoms with van der Waals surface area (Å²) >= 11 is 11.8. The minimum absolute atomic E-state index is 0.240. The number of hydrogen-bond donors (Lipinski definition) is 0. The lowest BCUT2D eigenvalue weighted by Gasteiger charge is -2.25. The molecular formula is C15H11Cl2NO2. The highest BCUT2D eigenvalue weighted by Crippen LogP contribution is 2.45. The van der Waals surface area contributed by atoms with Crippen LogP contribution in [0.25, 0.3) is 0 Å². The van der Waals surface area contributed by atoms with Crippen LogP contribution in [-0.4, -0.2) is 5.37 Å². The van der Waals surface area contributed by atoms with Gasteiger partial charge in [-0.2, -0.15) is 0 Å². The van der Waals surface area contributed by atoms with Crippen LogP contribution in [0.15, 0.2) is 42.5 Å². The molecule has 2 aromatic rings. The maximum absolute atomic E-state index is 11.8. The summed E-state index contributed by atoms with van der Waals surface area (Å²) in [6.45, 7) is 1.90. The zero-order chi connectivity index (χ0) is 14.3. The van der Waals surface area contributed by atoms with Crippen LogP contribution in [0.3, 0.4) is 0 Å². The molecule has 2 aromatic carbocycles. The third-order valence-corrected chi connectivity index (χ3v) is 3.76. The molecule has 0 radical (unpaired) electrons. The minimum atomic E-state index is -0.568. The van der Waals surface area contributed by atoms with Crippen LogP contribution in [0.5, 0.6) is 11.5 Å². The van der Waals surface area contributed by atoms with Gasteiger partial charge < -0.3 is 4.74 Å². The van der Waals surface area contributed by atoms with Gasteiger partial charge in [-0.05, 0) is 42.8 Å². The molecule has 1 heterocycles. The van der Waals surface area contributed by atoms with Gasteiger partial charge in [0, 0.05) is 10.6 Å². The van der Waals surface area contributed by atoms with Crippen molar-refractivity contribution < 1.29 is 9.53 Å². The average Bonchev–Trinajstić information content (AvgIpc) is 2.53. The SMILES string of the molecule is CC1c2ccccc2Oc2ccc(Cl)cc2N1C(=O)Cl. The van der Waals surface area contributed by atoms with E-state index >= 15 is 0 Å². The zero-order valence-electron chi connectivity index (χ0n) is 10.6. The number of halogens is 2. The van der Waals surface area contributed by atoms with E-state index in [1.165, 1.54) is 4.90 Å². The summed E-state index contributed by atoms with van der Waals surface area (Å²) in [4.78, 5) is 13.3. The molecule has 0 saturated heterocycles. The maximum Gasteiger partial charge on any atom is 0.321 e. The van der Waals surface area contributed by atoms with E-state index in [9.17, 15) is 4.79 Å². The maximum atomic E-state index is 11.8. The summed E-state index contributed by atoms with van der Waals surface area (Å²) in [5.74, 6) is 1.27. The summed E-state index contributed by atoms with van der Waals surface area (Å²) in [5, 5.41) is -0.0465. The van der Waals surface area contributed by atoms with Crippen molar-refractivity contribution >= 4 is 34.3 Å². The molecular weight excluding hydrogens is 297 g/mol. The van der Waals surface area contributed by atoms with Gasteiger partial charge in [-0.15, -0.1) is 0 Å². The Kier molecular flexibility index (Phi) is 3.32. The van der Waals surface area contributed by atoms with Crippen molar-refractivity contribution in [3.8, 4) is 11.5 Å². The van der Waals surface area contributed by atoms with Crippen LogP contribution >= 0.6 is 23.2 Å². The third-order valence-electron chi connectivity index (χ3n) is 3.35. The van der Waals surface area contributed by atoms with E-state index in [-0.39, 0.29) is 6.04 Å². The molecule has 20 heavy (non-hydrogen) atoms. The van der Waals surface area contributed by atoms with Gasteiger partial charge in [0.1, 0.15) is 5.75 Å². The van der Waals surface area contributed by atoms with Crippen LogP contribution in [-0.2, 0) is 0 Å². The number of para-hydroxylation sites is 1. The van der Waals surface area contributed by atoms with Gasteiger partial charge in [0.05, 0.1) is 11.7 Å². The number of rotatable bonds is 0.